The van der Waals surface area contributed by atoms with E-state index < -0.39 is 0 Å². The fourth-order valence-electron chi connectivity index (χ4n) is 2.39. The Hall–Kier alpha value is -2.29. The minimum absolute atomic E-state index is 0.379. The maximum Gasteiger partial charge on any atom is 0.248 e. The molecule has 130 valence electrons. The van der Waals surface area contributed by atoms with Gasteiger partial charge in [-0.2, -0.15) is 0 Å². The number of hydrogen-bond donors (Lipinski definition) is 0. The molecule has 0 bridgehead atoms. The van der Waals surface area contributed by atoms with Crippen LogP contribution in [0.15, 0.2) is 34.7 Å². The van der Waals surface area contributed by atoms with Crippen molar-refractivity contribution in [1.82, 2.24) is 10.2 Å². The molecule has 0 aliphatic rings. The molecule has 0 N–H and O–H groups in total. The molecule has 0 radical (unpaired) electrons. The first kappa shape index (κ1) is 17.5. The number of halogens is 1. The number of aryl methyl sites for hydroxylation is 1. The standard InChI is InChI=1S/C18H17IN2O4/c1-10-5-6-11(7-13(10)19)17-20-21-18(25-17)12-8-14(22-2)16(24-4)15(9-12)23-3/h5-9H,1-4H3. The van der Waals surface area contributed by atoms with E-state index in [4.69, 9.17) is 18.6 Å². The summed E-state index contributed by atoms with van der Waals surface area (Å²) in [6, 6.07) is 9.56. The van der Waals surface area contributed by atoms with E-state index in [1.54, 1.807) is 33.5 Å². The van der Waals surface area contributed by atoms with Crippen LogP contribution in [-0.4, -0.2) is 31.5 Å². The van der Waals surface area contributed by atoms with Gasteiger partial charge in [-0.15, -0.1) is 10.2 Å². The zero-order chi connectivity index (χ0) is 18.0. The van der Waals surface area contributed by atoms with Gasteiger partial charge in [0.2, 0.25) is 17.5 Å². The maximum atomic E-state index is 5.85. The monoisotopic (exact) mass is 452 g/mol. The summed E-state index contributed by atoms with van der Waals surface area (Å²) in [5.41, 5.74) is 2.77. The quantitative estimate of drug-likeness (QED) is 0.537. The number of hydrogen-bond acceptors (Lipinski definition) is 6. The van der Waals surface area contributed by atoms with Gasteiger partial charge < -0.3 is 18.6 Å². The number of benzene rings is 2. The third kappa shape index (κ3) is 3.41. The number of nitrogens with zero attached hydrogens (tertiary/aromatic N) is 2. The summed E-state index contributed by atoms with van der Waals surface area (Å²) in [6.45, 7) is 2.06. The van der Waals surface area contributed by atoms with Crippen LogP contribution in [0.2, 0.25) is 0 Å². The molecule has 6 nitrogen and oxygen atoms in total. The second kappa shape index (κ2) is 7.30. The minimum atomic E-state index is 0.379. The summed E-state index contributed by atoms with van der Waals surface area (Å²) in [4.78, 5) is 0. The summed E-state index contributed by atoms with van der Waals surface area (Å²) in [7, 11) is 4.69. The van der Waals surface area contributed by atoms with Crippen LogP contribution in [-0.2, 0) is 0 Å². The molecule has 0 unspecified atom stereocenters. The number of methoxy groups -OCH3 is 3. The van der Waals surface area contributed by atoms with Crippen molar-refractivity contribution in [3.8, 4) is 40.2 Å². The molecular formula is C18H17IN2O4. The third-order valence-electron chi connectivity index (χ3n) is 3.76. The highest BCUT2D eigenvalue weighted by molar-refractivity contribution is 14.1. The van der Waals surface area contributed by atoms with Crippen LogP contribution in [0, 0.1) is 10.5 Å². The second-order valence-corrected chi connectivity index (χ2v) is 6.45. The van der Waals surface area contributed by atoms with Gasteiger partial charge in [-0.25, -0.2) is 0 Å². The first-order valence-corrected chi connectivity index (χ1v) is 8.55. The van der Waals surface area contributed by atoms with Gasteiger partial charge in [0, 0.05) is 14.7 Å². The summed E-state index contributed by atoms with van der Waals surface area (Å²) in [6.07, 6.45) is 0. The van der Waals surface area contributed by atoms with Crippen LogP contribution < -0.4 is 14.2 Å². The van der Waals surface area contributed by atoms with Crippen molar-refractivity contribution in [2.45, 2.75) is 6.92 Å². The fourth-order valence-corrected chi connectivity index (χ4v) is 2.90. The molecule has 3 aromatic rings. The Labute approximate surface area is 159 Å². The van der Waals surface area contributed by atoms with E-state index >= 15 is 0 Å². The first-order chi connectivity index (χ1) is 12.1. The van der Waals surface area contributed by atoms with Crippen molar-refractivity contribution in [1.29, 1.82) is 0 Å². The van der Waals surface area contributed by atoms with Crippen molar-refractivity contribution in [2.24, 2.45) is 0 Å². The Morgan fingerprint density at radius 3 is 1.96 bits per heavy atom. The van der Waals surface area contributed by atoms with E-state index in [-0.39, 0.29) is 0 Å². The molecule has 0 atom stereocenters. The summed E-state index contributed by atoms with van der Waals surface area (Å²) in [5.74, 6) is 2.41. The van der Waals surface area contributed by atoms with Crippen LogP contribution in [0.1, 0.15) is 5.56 Å². The number of ether oxygens (including phenoxy) is 3. The lowest BCUT2D eigenvalue weighted by Gasteiger charge is -2.12. The average Bonchev–Trinajstić information content (AvgIpc) is 3.12. The molecule has 2 aromatic carbocycles. The van der Waals surface area contributed by atoms with Gasteiger partial charge in [-0.1, -0.05) is 6.07 Å². The lowest BCUT2D eigenvalue weighted by atomic mass is 10.1. The van der Waals surface area contributed by atoms with E-state index in [0.717, 1.165) is 9.13 Å². The molecule has 0 fully saturated rings. The van der Waals surface area contributed by atoms with Crippen molar-refractivity contribution in [3.05, 3.63) is 39.5 Å². The highest BCUT2D eigenvalue weighted by Gasteiger charge is 2.18. The van der Waals surface area contributed by atoms with Gasteiger partial charge in [-0.3, -0.25) is 0 Å². The largest absolute Gasteiger partial charge is 0.493 e. The van der Waals surface area contributed by atoms with Crippen molar-refractivity contribution in [2.75, 3.05) is 21.3 Å². The lowest BCUT2D eigenvalue weighted by molar-refractivity contribution is 0.324. The van der Waals surface area contributed by atoms with Gasteiger partial charge in [0.25, 0.3) is 0 Å². The fraction of sp³-hybridized carbons (Fsp3) is 0.222. The van der Waals surface area contributed by atoms with E-state index in [0.29, 0.717) is 34.6 Å². The number of rotatable bonds is 5. The zero-order valence-electron chi connectivity index (χ0n) is 14.3. The van der Waals surface area contributed by atoms with Crippen LogP contribution >= 0.6 is 22.6 Å². The van der Waals surface area contributed by atoms with Gasteiger partial charge in [0.1, 0.15) is 0 Å². The van der Waals surface area contributed by atoms with E-state index in [9.17, 15) is 0 Å². The lowest BCUT2D eigenvalue weighted by Crippen LogP contribution is -1.95. The Kier molecular flexibility index (Phi) is 5.12. The van der Waals surface area contributed by atoms with Gasteiger partial charge in [-0.05, 0) is 59.3 Å². The Morgan fingerprint density at radius 2 is 1.44 bits per heavy atom. The van der Waals surface area contributed by atoms with Crippen LogP contribution in [0.4, 0.5) is 0 Å². The van der Waals surface area contributed by atoms with Crippen molar-refractivity contribution < 1.29 is 18.6 Å². The van der Waals surface area contributed by atoms with E-state index in [2.05, 4.69) is 39.7 Å². The molecule has 1 heterocycles. The molecule has 0 spiro atoms. The summed E-state index contributed by atoms with van der Waals surface area (Å²) >= 11 is 2.28. The van der Waals surface area contributed by atoms with Gasteiger partial charge >= 0.3 is 0 Å². The summed E-state index contributed by atoms with van der Waals surface area (Å²) in [5, 5.41) is 8.30. The van der Waals surface area contributed by atoms with Gasteiger partial charge in [0.05, 0.1) is 21.3 Å². The Morgan fingerprint density at radius 1 is 0.840 bits per heavy atom. The Balaban J connectivity index is 2.03. The zero-order valence-corrected chi connectivity index (χ0v) is 16.4. The number of aromatic nitrogens is 2. The average molecular weight is 452 g/mol. The maximum absolute atomic E-state index is 5.85. The molecule has 7 heteroatoms. The molecule has 3 rings (SSSR count). The van der Waals surface area contributed by atoms with E-state index in [1.165, 1.54) is 5.56 Å². The molecule has 25 heavy (non-hydrogen) atoms. The SMILES string of the molecule is COc1cc(-c2nnc(-c3ccc(C)c(I)c3)o2)cc(OC)c1OC. The molecule has 0 amide bonds. The van der Waals surface area contributed by atoms with E-state index in [1.807, 2.05) is 18.2 Å². The molecule has 0 aliphatic carbocycles. The molecule has 1 aromatic heterocycles. The van der Waals surface area contributed by atoms with Crippen molar-refractivity contribution in [3.63, 3.8) is 0 Å². The topological polar surface area (TPSA) is 66.6 Å². The predicted octanol–water partition coefficient (Wildman–Crippen LogP) is 4.34. The third-order valence-corrected chi connectivity index (χ3v) is 4.92. The molecule has 0 aliphatic heterocycles. The first-order valence-electron chi connectivity index (χ1n) is 7.47. The second-order valence-electron chi connectivity index (χ2n) is 5.29. The smallest absolute Gasteiger partial charge is 0.248 e. The Bertz CT molecular complexity index is 883. The van der Waals surface area contributed by atoms with Crippen molar-refractivity contribution >= 4 is 22.6 Å². The predicted molar refractivity (Wildman–Crippen MR) is 102 cm³/mol. The highest BCUT2D eigenvalue weighted by Crippen LogP contribution is 2.41. The molecule has 0 saturated heterocycles. The molecule has 0 saturated carbocycles. The highest BCUT2D eigenvalue weighted by atomic mass is 127. The molecular weight excluding hydrogens is 435 g/mol. The summed E-state index contributed by atoms with van der Waals surface area (Å²) < 4.78 is 23.0. The normalized spacial score (nSPS) is 10.6. The minimum Gasteiger partial charge on any atom is -0.493 e. The van der Waals surface area contributed by atoms with Crippen LogP contribution in [0.3, 0.4) is 0 Å². The van der Waals surface area contributed by atoms with Crippen LogP contribution in [0.25, 0.3) is 22.9 Å². The van der Waals surface area contributed by atoms with Crippen LogP contribution in [0.5, 0.6) is 17.2 Å². The van der Waals surface area contributed by atoms with Gasteiger partial charge in [0.15, 0.2) is 11.5 Å².